The molecule has 3 N–H and O–H groups in total. The second-order valence-electron chi connectivity index (χ2n) is 4.09. The zero-order valence-electron chi connectivity index (χ0n) is 10.2. The summed E-state index contributed by atoms with van der Waals surface area (Å²) in [5, 5.41) is 3.33. The number of anilines is 1. The van der Waals surface area contributed by atoms with Gasteiger partial charge < -0.3 is 20.7 Å². The smallest absolute Gasteiger partial charge is 0.254 e. The molecule has 19 heavy (non-hydrogen) atoms. The monoisotopic (exact) mass is 299 g/mol. The summed E-state index contributed by atoms with van der Waals surface area (Å²) in [5.41, 5.74) is 6.49. The molecule has 7 heteroatoms. The number of nitrogens with zero attached hydrogens (tertiary/aromatic N) is 1. The summed E-state index contributed by atoms with van der Waals surface area (Å²) in [6.45, 7) is 2.33. The fourth-order valence-electron chi connectivity index (χ4n) is 1.84. The molecule has 0 atom stereocenters. The lowest BCUT2D eigenvalue weighted by Crippen LogP contribution is -2.40. The molecule has 1 fully saturated rings. The van der Waals surface area contributed by atoms with Crippen molar-refractivity contribution < 1.29 is 9.53 Å². The molecule has 1 aliphatic heterocycles. The quantitative estimate of drug-likeness (QED) is 0.810. The molecule has 5 nitrogen and oxygen atoms in total. The minimum absolute atomic E-state index is 0.0500. The maximum Gasteiger partial charge on any atom is 0.254 e. The van der Waals surface area contributed by atoms with Crippen molar-refractivity contribution in [2.75, 3.05) is 31.6 Å². The number of carbonyl (C=O) groups excluding carboxylic acids is 1. The maximum absolute atomic E-state index is 12.3. The fraction of sp³-hybridized carbons (Fsp3) is 0.333. The number of thiocarbonyl (C=S) groups is 1. The van der Waals surface area contributed by atoms with Crippen molar-refractivity contribution in [2.45, 2.75) is 0 Å². The van der Waals surface area contributed by atoms with Crippen molar-refractivity contribution in [2.24, 2.45) is 5.73 Å². The number of ether oxygens (including phenoxy) is 1. The van der Waals surface area contributed by atoms with Gasteiger partial charge in [0.25, 0.3) is 5.91 Å². The van der Waals surface area contributed by atoms with Gasteiger partial charge in [0.05, 0.1) is 23.9 Å². The fourth-order valence-corrected chi connectivity index (χ4v) is 2.11. The molecule has 0 saturated carbocycles. The summed E-state index contributed by atoms with van der Waals surface area (Å²) in [7, 11) is 0. The SMILES string of the molecule is NC(=S)Nc1cc(C(=O)N2CCOCC2)ccc1Cl. The number of carbonyl (C=O) groups is 1. The van der Waals surface area contributed by atoms with Gasteiger partial charge in [-0.2, -0.15) is 0 Å². The summed E-state index contributed by atoms with van der Waals surface area (Å²) < 4.78 is 5.22. The third-order valence-corrected chi connectivity index (χ3v) is 3.20. The molecule has 0 bridgehead atoms. The summed E-state index contributed by atoms with van der Waals surface area (Å²) in [5.74, 6) is -0.0500. The summed E-state index contributed by atoms with van der Waals surface area (Å²) in [4.78, 5) is 14.0. The molecule has 1 aromatic carbocycles. The van der Waals surface area contributed by atoms with Crippen LogP contribution in [-0.4, -0.2) is 42.2 Å². The van der Waals surface area contributed by atoms with E-state index in [4.69, 9.17) is 34.3 Å². The standard InChI is InChI=1S/C12H14ClN3O2S/c13-9-2-1-8(7-10(9)15-12(14)19)11(17)16-3-5-18-6-4-16/h1-2,7H,3-6H2,(H3,14,15,19). The Kier molecular flexibility index (Phi) is 4.57. The van der Waals surface area contributed by atoms with Crippen molar-refractivity contribution in [1.82, 2.24) is 4.90 Å². The van der Waals surface area contributed by atoms with Crippen LogP contribution in [0.4, 0.5) is 5.69 Å². The molecular weight excluding hydrogens is 286 g/mol. The molecule has 0 spiro atoms. The van der Waals surface area contributed by atoms with E-state index in [9.17, 15) is 4.79 Å². The highest BCUT2D eigenvalue weighted by molar-refractivity contribution is 7.80. The molecule has 1 heterocycles. The average molecular weight is 300 g/mol. The molecule has 0 aromatic heterocycles. The van der Waals surface area contributed by atoms with Gasteiger partial charge in [-0.1, -0.05) is 11.6 Å². The largest absolute Gasteiger partial charge is 0.378 e. The topological polar surface area (TPSA) is 67.6 Å². The third kappa shape index (κ3) is 3.56. The van der Waals surface area contributed by atoms with Gasteiger partial charge in [0.1, 0.15) is 0 Å². The Morgan fingerprint density at radius 1 is 1.42 bits per heavy atom. The number of halogens is 1. The lowest BCUT2D eigenvalue weighted by atomic mass is 10.1. The van der Waals surface area contributed by atoms with Gasteiger partial charge in [0, 0.05) is 18.7 Å². The van der Waals surface area contributed by atoms with Crippen molar-refractivity contribution in [3.63, 3.8) is 0 Å². The molecule has 1 saturated heterocycles. The van der Waals surface area contributed by atoms with E-state index in [0.717, 1.165) is 0 Å². The molecule has 1 aromatic rings. The number of amides is 1. The minimum Gasteiger partial charge on any atom is -0.378 e. The lowest BCUT2D eigenvalue weighted by molar-refractivity contribution is 0.0303. The molecule has 0 aliphatic carbocycles. The summed E-state index contributed by atoms with van der Waals surface area (Å²) in [6, 6.07) is 4.99. The Morgan fingerprint density at radius 2 is 2.11 bits per heavy atom. The van der Waals surface area contributed by atoms with Gasteiger partial charge in [-0.05, 0) is 30.4 Å². The van der Waals surface area contributed by atoms with Crippen molar-refractivity contribution in [3.8, 4) is 0 Å². The van der Waals surface area contributed by atoms with Crippen LogP contribution in [0, 0.1) is 0 Å². The Bertz CT molecular complexity index is 504. The molecule has 0 radical (unpaired) electrons. The summed E-state index contributed by atoms with van der Waals surface area (Å²) in [6.07, 6.45) is 0. The van der Waals surface area contributed by atoms with Crippen molar-refractivity contribution in [3.05, 3.63) is 28.8 Å². The molecular formula is C12H14ClN3O2S. The van der Waals surface area contributed by atoms with E-state index in [0.29, 0.717) is 42.6 Å². The Morgan fingerprint density at radius 3 is 2.74 bits per heavy atom. The first kappa shape index (κ1) is 14.0. The van der Waals surface area contributed by atoms with Crippen LogP contribution in [0.25, 0.3) is 0 Å². The van der Waals surface area contributed by atoms with Gasteiger partial charge in [0.15, 0.2) is 5.11 Å². The van der Waals surface area contributed by atoms with E-state index >= 15 is 0 Å². The second-order valence-corrected chi connectivity index (χ2v) is 4.94. The van der Waals surface area contributed by atoms with Crippen LogP contribution in [-0.2, 0) is 4.74 Å². The minimum atomic E-state index is -0.0500. The van der Waals surface area contributed by atoms with Crippen molar-refractivity contribution >= 4 is 40.5 Å². The third-order valence-electron chi connectivity index (χ3n) is 2.77. The van der Waals surface area contributed by atoms with Crippen LogP contribution in [0.5, 0.6) is 0 Å². The number of morpholine rings is 1. The summed E-state index contributed by atoms with van der Waals surface area (Å²) >= 11 is 10.8. The van der Waals surface area contributed by atoms with Gasteiger partial charge in [0.2, 0.25) is 0 Å². The normalized spacial score (nSPS) is 15.1. The van der Waals surface area contributed by atoms with E-state index < -0.39 is 0 Å². The molecule has 1 amide bonds. The zero-order valence-corrected chi connectivity index (χ0v) is 11.8. The van der Waals surface area contributed by atoms with Crippen LogP contribution in [0.2, 0.25) is 5.02 Å². The predicted octanol–water partition coefficient (Wildman–Crippen LogP) is 1.47. The number of benzene rings is 1. The van der Waals surface area contributed by atoms with E-state index in [1.807, 2.05) is 0 Å². The van der Waals surface area contributed by atoms with E-state index in [-0.39, 0.29) is 11.0 Å². The van der Waals surface area contributed by atoms with Gasteiger partial charge in [-0.15, -0.1) is 0 Å². The molecule has 2 rings (SSSR count). The van der Waals surface area contributed by atoms with Crippen LogP contribution in [0.3, 0.4) is 0 Å². The van der Waals surface area contributed by atoms with Crippen LogP contribution in [0.1, 0.15) is 10.4 Å². The number of hydrogen-bond acceptors (Lipinski definition) is 3. The Balaban J connectivity index is 2.19. The van der Waals surface area contributed by atoms with Crippen LogP contribution >= 0.6 is 23.8 Å². The average Bonchev–Trinajstić information content (AvgIpc) is 2.41. The van der Waals surface area contributed by atoms with Gasteiger partial charge in [-0.25, -0.2) is 0 Å². The van der Waals surface area contributed by atoms with Crippen LogP contribution < -0.4 is 11.1 Å². The molecule has 102 valence electrons. The van der Waals surface area contributed by atoms with Crippen LogP contribution in [0.15, 0.2) is 18.2 Å². The Hall–Kier alpha value is -1.37. The number of nitrogens with one attached hydrogen (secondary N) is 1. The van der Waals surface area contributed by atoms with E-state index in [1.165, 1.54) is 0 Å². The molecule has 0 unspecified atom stereocenters. The number of hydrogen-bond donors (Lipinski definition) is 2. The van der Waals surface area contributed by atoms with Gasteiger partial charge >= 0.3 is 0 Å². The zero-order chi connectivity index (χ0) is 13.8. The molecule has 1 aliphatic rings. The maximum atomic E-state index is 12.3. The second kappa shape index (κ2) is 6.18. The first-order valence-corrected chi connectivity index (χ1v) is 6.59. The number of rotatable bonds is 2. The van der Waals surface area contributed by atoms with Crippen molar-refractivity contribution in [1.29, 1.82) is 0 Å². The van der Waals surface area contributed by atoms with E-state index in [1.54, 1.807) is 23.1 Å². The van der Waals surface area contributed by atoms with E-state index in [2.05, 4.69) is 5.32 Å². The Labute approximate surface area is 121 Å². The highest BCUT2D eigenvalue weighted by Gasteiger charge is 2.19. The lowest BCUT2D eigenvalue weighted by Gasteiger charge is -2.27. The highest BCUT2D eigenvalue weighted by atomic mass is 35.5. The highest BCUT2D eigenvalue weighted by Crippen LogP contribution is 2.23. The number of nitrogens with two attached hydrogens (primary N) is 1. The predicted molar refractivity (Wildman–Crippen MR) is 78.6 cm³/mol. The first-order chi connectivity index (χ1) is 9.08. The van der Waals surface area contributed by atoms with Gasteiger partial charge in [-0.3, -0.25) is 4.79 Å². The first-order valence-electron chi connectivity index (χ1n) is 5.81.